The first-order valence-electron chi connectivity index (χ1n) is 17.3. The van der Waals surface area contributed by atoms with Crippen molar-refractivity contribution in [3.63, 3.8) is 0 Å². The Morgan fingerprint density at radius 2 is 1.81 bits per heavy atom. The number of carbonyl (C=O) groups is 2. The minimum atomic E-state index is -0.833. The highest BCUT2D eigenvalue weighted by Gasteiger charge is 2.57. The van der Waals surface area contributed by atoms with Crippen LogP contribution in [-0.4, -0.2) is 32.7 Å². The summed E-state index contributed by atoms with van der Waals surface area (Å²) in [6, 6.07) is 8.50. The number of carboxylic acids is 1. The standard InChI is InChI=1S/C33H40N2O2.C6H10.C2H4O2/c1-5-9-22(6-2)31(36)37-24-16-18-32(3)23(20-24)12-13-25-26-14-15-30(33(26,4)19-17-27(25)32)35-21-34-28-10-7-8-11-29(28)35;1-3-5-6-4-2;1-2(3)4/h5-12,15,21,24-27H,13-14,16-20H2,1-4H3;3,5-6H,1,4H2,2H3;1H3,(H,3,4)/b9-5-,22-6+;6-5-;/t24?,25?,26?,27?,32-,33?;;/m0../s1. The maximum atomic E-state index is 12.7. The zero-order chi connectivity index (χ0) is 34.2. The molecule has 6 nitrogen and oxygen atoms in total. The molecule has 1 aromatic heterocycles. The molecule has 2 fully saturated rings. The summed E-state index contributed by atoms with van der Waals surface area (Å²) in [5.74, 6) is 1.07. The Bertz CT molecular complexity index is 1590. The van der Waals surface area contributed by atoms with Crippen LogP contribution in [0.3, 0.4) is 0 Å². The predicted molar refractivity (Wildman–Crippen MR) is 192 cm³/mol. The molecule has 4 aliphatic rings. The molecule has 0 spiro atoms. The number of ether oxygens (including phenoxy) is 1. The quantitative estimate of drug-likeness (QED) is 0.147. The van der Waals surface area contributed by atoms with Crippen molar-refractivity contribution in [2.75, 3.05) is 0 Å². The van der Waals surface area contributed by atoms with E-state index in [9.17, 15) is 4.79 Å². The first-order valence-corrected chi connectivity index (χ1v) is 17.3. The topological polar surface area (TPSA) is 81.4 Å². The zero-order valence-corrected chi connectivity index (χ0v) is 29.2. The number of imidazole rings is 1. The maximum absolute atomic E-state index is 12.7. The summed E-state index contributed by atoms with van der Waals surface area (Å²) in [6.45, 7) is 15.6. The van der Waals surface area contributed by atoms with Gasteiger partial charge in [-0.05, 0) is 94.1 Å². The molecule has 47 heavy (non-hydrogen) atoms. The third kappa shape index (κ3) is 7.63. The monoisotopic (exact) mass is 638 g/mol. The molecule has 4 aliphatic carbocycles. The fourth-order valence-corrected chi connectivity index (χ4v) is 8.71. The lowest BCUT2D eigenvalue weighted by atomic mass is 9.47. The average molecular weight is 639 g/mol. The lowest BCUT2D eigenvalue weighted by Gasteiger charge is -2.57. The Hall–Kier alpha value is -3.93. The summed E-state index contributed by atoms with van der Waals surface area (Å²) >= 11 is 0. The van der Waals surface area contributed by atoms with Crippen molar-refractivity contribution in [1.82, 2.24) is 9.55 Å². The van der Waals surface area contributed by atoms with E-state index in [2.05, 4.69) is 74.4 Å². The second kappa shape index (κ2) is 15.8. The smallest absolute Gasteiger partial charge is 0.338 e. The summed E-state index contributed by atoms with van der Waals surface area (Å²) in [5.41, 5.74) is 6.36. The molecule has 6 heteroatoms. The minimum Gasteiger partial charge on any atom is -0.481 e. The Kier molecular flexibility index (Phi) is 12.1. The van der Waals surface area contributed by atoms with E-state index >= 15 is 0 Å². The van der Waals surface area contributed by atoms with E-state index in [0.717, 1.165) is 51.0 Å². The molecule has 0 radical (unpaired) electrons. The van der Waals surface area contributed by atoms with Gasteiger partial charge in [0.1, 0.15) is 12.4 Å². The highest BCUT2D eigenvalue weighted by Crippen LogP contribution is 2.65. The molecular formula is C41H54N2O4. The van der Waals surface area contributed by atoms with E-state index < -0.39 is 5.97 Å². The number of carbonyl (C=O) groups excluding carboxylic acids is 1. The van der Waals surface area contributed by atoms with Gasteiger partial charge in [0.2, 0.25) is 0 Å². The molecule has 5 unspecified atom stereocenters. The summed E-state index contributed by atoms with van der Waals surface area (Å²) in [7, 11) is 0. The number of aliphatic carboxylic acids is 1. The van der Waals surface area contributed by atoms with E-state index in [1.807, 2.05) is 44.5 Å². The SMILES string of the molecule is C/C=C\C(=C/C)C(=O)OC1CC[C@@]2(C)C(=CCC3C4CC=C(n5cnc6ccccc65)C4(C)CCC32)C1.C=C/C=C\CC.CC(=O)O. The van der Waals surface area contributed by atoms with E-state index in [1.165, 1.54) is 24.1 Å². The highest BCUT2D eigenvalue weighted by molar-refractivity contribution is 5.91. The Morgan fingerprint density at radius 3 is 2.47 bits per heavy atom. The summed E-state index contributed by atoms with van der Waals surface area (Å²) < 4.78 is 8.36. The van der Waals surface area contributed by atoms with Gasteiger partial charge in [0.25, 0.3) is 5.97 Å². The third-order valence-corrected chi connectivity index (χ3v) is 11.0. The molecule has 1 heterocycles. The number of hydrogen-bond donors (Lipinski definition) is 1. The molecule has 1 aromatic carbocycles. The number of esters is 1. The predicted octanol–water partition coefficient (Wildman–Crippen LogP) is 10.1. The third-order valence-electron chi connectivity index (χ3n) is 11.0. The van der Waals surface area contributed by atoms with Crippen molar-refractivity contribution in [3.8, 4) is 0 Å². The second-order valence-corrected chi connectivity index (χ2v) is 13.7. The second-order valence-electron chi connectivity index (χ2n) is 13.7. The van der Waals surface area contributed by atoms with Crippen LogP contribution in [0, 0.1) is 28.6 Å². The molecule has 0 aliphatic heterocycles. The van der Waals surface area contributed by atoms with Gasteiger partial charge in [-0.15, -0.1) is 0 Å². The molecule has 0 amide bonds. The number of rotatable bonds is 6. The number of nitrogens with zero attached hydrogens (tertiary/aromatic N) is 2. The Morgan fingerprint density at radius 1 is 1.09 bits per heavy atom. The zero-order valence-electron chi connectivity index (χ0n) is 29.2. The highest BCUT2D eigenvalue weighted by atomic mass is 16.5. The van der Waals surface area contributed by atoms with Crippen molar-refractivity contribution in [1.29, 1.82) is 0 Å². The molecule has 0 bridgehead atoms. The van der Waals surface area contributed by atoms with Crippen LogP contribution in [0.1, 0.15) is 92.9 Å². The van der Waals surface area contributed by atoms with E-state index in [0.29, 0.717) is 23.3 Å². The van der Waals surface area contributed by atoms with Crippen LogP contribution in [0.4, 0.5) is 0 Å². The van der Waals surface area contributed by atoms with Gasteiger partial charge in [0, 0.05) is 24.5 Å². The molecule has 1 N–H and O–H groups in total. The lowest BCUT2D eigenvalue weighted by Crippen LogP contribution is -2.50. The van der Waals surface area contributed by atoms with Crippen LogP contribution in [-0.2, 0) is 14.3 Å². The first-order chi connectivity index (χ1) is 22.5. The van der Waals surface area contributed by atoms with Gasteiger partial charge in [0.05, 0.1) is 16.6 Å². The largest absolute Gasteiger partial charge is 0.481 e. The van der Waals surface area contributed by atoms with Gasteiger partial charge in [0.15, 0.2) is 0 Å². The van der Waals surface area contributed by atoms with Crippen LogP contribution in [0.5, 0.6) is 0 Å². The first kappa shape index (κ1) is 35.9. The van der Waals surface area contributed by atoms with Crippen LogP contribution in [0.15, 0.2) is 96.9 Å². The van der Waals surface area contributed by atoms with Crippen molar-refractivity contribution >= 4 is 28.7 Å². The van der Waals surface area contributed by atoms with Gasteiger partial charge >= 0.3 is 5.97 Å². The fourth-order valence-electron chi connectivity index (χ4n) is 8.71. The Balaban J connectivity index is 0.000000439. The maximum Gasteiger partial charge on any atom is 0.338 e. The van der Waals surface area contributed by atoms with Gasteiger partial charge in [-0.2, -0.15) is 0 Å². The minimum absolute atomic E-state index is 0.00768. The van der Waals surface area contributed by atoms with Gasteiger partial charge < -0.3 is 14.4 Å². The van der Waals surface area contributed by atoms with Gasteiger partial charge in [-0.25, -0.2) is 9.78 Å². The van der Waals surface area contributed by atoms with Crippen molar-refractivity contribution in [2.45, 2.75) is 99.0 Å². The number of benzene rings is 1. The summed E-state index contributed by atoms with van der Waals surface area (Å²) in [4.78, 5) is 26.4. The number of aromatic nitrogens is 2. The molecule has 6 rings (SSSR count). The number of allylic oxidation sites excluding steroid dienone is 8. The molecule has 6 atom stereocenters. The van der Waals surface area contributed by atoms with Crippen LogP contribution >= 0.6 is 0 Å². The van der Waals surface area contributed by atoms with Crippen molar-refractivity contribution in [2.24, 2.45) is 28.6 Å². The lowest BCUT2D eigenvalue weighted by molar-refractivity contribution is -0.146. The van der Waals surface area contributed by atoms with E-state index in [4.69, 9.17) is 19.6 Å². The number of fused-ring (bicyclic) bond motifs is 6. The molecule has 2 aromatic rings. The normalized spacial score (nSPS) is 29.7. The molecule has 2 saturated carbocycles. The van der Waals surface area contributed by atoms with Gasteiger partial charge in [-0.3, -0.25) is 4.79 Å². The Labute approximate surface area is 281 Å². The van der Waals surface area contributed by atoms with Crippen LogP contribution in [0.25, 0.3) is 16.7 Å². The number of carboxylic acid groups (broad SMARTS) is 1. The molecular weight excluding hydrogens is 584 g/mol. The van der Waals surface area contributed by atoms with Crippen LogP contribution in [0.2, 0.25) is 0 Å². The van der Waals surface area contributed by atoms with Gasteiger partial charge in [-0.1, -0.05) is 93.7 Å². The molecule has 0 saturated heterocycles. The van der Waals surface area contributed by atoms with Crippen molar-refractivity contribution in [3.05, 3.63) is 96.9 Å². The fraction of sp³-hybridized carbons (Fsp3) is 0.488. The van der Waals surface area contributed by atoms with E-state index in [1.54, 1.807) is 11.6 Å². The average Bonchev–Trinajstić information content (AvgIpc) is 3.63. The van der Waals surface area contributed by atoms with E-state index in [-0.39, 0.29) is 22.9 Å². The van der Waals surface area contributed by atoms with Crippen LogP contribution < -0.4 is 0 Å². The van der Waals surface area contributed by atoms with Crippen molar-refractivity contribution < 1.29 is 19.4 Å². The molecule has 252 valence electrons. The summed E-state index contributed by atoms with van der Waals surface area (Å²) in [6.07, 6.45) is 27.3. The number of hydrogen-bond acceptors (Lipinski definition) is 4. The number of para-hydroxylation sites is 2. The summed E-state index contributed by atoms with van der Waals surface area (Å²) in [5, 5.41) is 7.42.